The van der Waals surface area contributed by atoms with Crippen LogP contribution in [0.3, 0.4) is 0 Å². The van der Waals surface area contributed by atoms with Crippen LogP contribution in [-0.2, 0) is 6.54 Å². The molecular formula is C26H35BN2. The molecule has 0 radical (unpaired) electrons. The Kier molecular flexibility index (Phi) is 10.1. The second kappa shape index (κ2) is 12.8. The largest absolute Gasteiger partial charge is 0.335 e. The minimum absolute atomic E-state index is 0.468. The molecule has 0 saturated carbocycles. The highest BCUT2D eigenvalue weighted by molar-refractivity contribution is 6.08. The van der Waals surface area contributed by atoms with Crippen LogP contribution in [0, 0.1) is 0 Å². The highest BCUT2D eigenvalue weighted by Crippen LogP contribution is 2.28. The summed E-state index contributed by atoms with van der Waals surface area (Å²) in [6.45, 7) is 7.48. The highest BCUT2D eigenvalue weighted by atomic mass is 15.1. The quantitative estimate of drug-likeness (QED) is 0.331. The van der Waals surface area contributed by atoms with Crippen molar-refractivity contribution in [3.05, 3.63) is 102 Å². The van der Waals surface area contributed by atoms with Crippen LogP contribution in [0.2, 0.25) is 6.32 Å². The third kappa shape index (κ3) is 7.42. The second-order valence-corrected chi connectivity index (χ2v) is 7.60. The Morgan fingerprint density at radius 2 is 1.52 bits per heavy atom. The van der Waals surface area contributed by atoms with Gasteiger partial charge in [-0.2, -0.15) is 0 Å². The van der Waals surface area contributed by atoms with Crippen LogP contribution >= 0.6 is 0 Å². The average molecular weight is 386 g/mol. The molecule has 2 nitrogen and oxygen atoms in total. The first kappa shape index (κ1) is 22.7. The monoisotopic (exact) mass is 386 g/mol. The van der Waals surface area contributed by atoms with Crippen LogP contribution in [0.15, 0.2) is 85.2 Å². The van der Waals surface area contributed by atoms with E-state index < -0.39 is 0 Å². The molecule has 3 rings (SSSR count). The number of rotatable bonds is 8. The molecule has 1 heterocycles. The minimum atomic E-state index is 0.468. The lowest BCUT2D eigenvalue weighted by Crippen LogP contribution is -2.01. The van der Waals surface area contributed by atoms with Crippen LogP contribution in [0.5, 0.6) is 0 Å². The standard InChI is InChI=1S/C18H21B.C8H14N2/c19-15-9-3-8-14-18(16-10-4-1-5-11-16)17-12-6-2-7-13-17;1-4-10-6-5-9-8(10)7(2)3/h1-8,10-13,18H,9,14-15,19H2;5-7H,4H2,1-3H3. The first-order chi connectivity index (χ1) is 14.2. The fraction of sp³-hybridized carbons (Fsp3) is 0.346. The van der Waals surface area contributed by atoms with Gasteiger partial charge < -0.3 is 4.57 Å². The van der Waals surface area contributed by atoms with Gasteiger partial charge in [0.25, 0.3) is 0 Å². The number of benzene rings is 2. The summed E-state index contributed by atoms with van der Waals surface area (Å²) < 4.78 is 2.17. The first-order valence-electron chi connectivity index (χ1n) is 10.9. The average Bonchev–Trinajstić information content (AvgIpc) is 3.25. The van der Waals surface area contributed by atoms with Gasteiger partial charge in [0.05, 0.1) is 0 Å². The molecule has 1 aromatic heterocycles. The molecule has 0 aliphatic heterocycles. The number of aromatic nitrogens is 2. The van der Waals surface area contributed by atoms with E-state index in [1.54, 1.807) is 0 Å². The minimum Gasteiger partial charge on any atom is -0.335 e. The SMILES string of the molecule is BCCC=CCC(c1ccccc1)c1ccccc1.CCn1ccnc1C(C)C. The van der Waals surface area contributed by atoms with Gasteiger partial charge in [-0.25, -0.2) is 4.98 Å². The third-order valence-electron chi connectivity index (χ3n) is 5.00. The summed E-state index contributed by atoms with van der Waals surface area (Å²) in [6, 6.07) is 21.6. The fourth-order valence-electron chi connectivity index (χ4n) is 3.44. The number of nitrogens with zero attached hydrogens (tertiary/aromatic N) is 2. The van der Waals surface area contributed by atoms with Gasteiger partial charge in [0.2, 0.25) is 0 Å². The van der Waals surface area contributed by atoms with E-state index in [-0.39, 0.29) is 0 Å². The molecule has 0 unspecified atom stereocenters. The van der Waals surface area contributed by atoms with E-state index in [0.29, 0.717) is 11.8 Å². The highest BCUT2D eigenvalue weighted by Gasteiger charge is 2.11. The molecule has 0 aliphatic carbocycles. The number of hydrogen-bond donors (Lipinski definition) is 0. The van der Waals surface area contributed by atoms with Gasteiger partial charge in [-0.05, 0) is 30.9 Å². The normalized spacial score (nSPS) is 11.1. The van der Waals surface area contributed by atoms with E-state index in [4.69, 9.17) is 0 Å². The smallest absolute Gasteiger partial charge is 0.111 e. The third-order valence-corrected chi connectivity index (χ3v) is 5.00. The summed E-state index contributed by atoms with van der Waals surface area (Å²) in [5.41, 5.74) is 2.80. The Hall–Kier alpha value is -2.55. The van der Waals surface area contributed by atoms with E-state index in [2.05, 4.69) is 111 Å². The number of allylic oxidation sites excluding steroid dienone is 2. The molecule has 29 heavy (non-hydrogen) atoms. The Morgan fingerprint density at radius 1 is 0.931 bits per heavy atom. The van der Waals surface area contributed by atoms with Gasteiger partial charge >= 0.3 is 0 Å². The lowest BCUT2D eigenvalue weighted by Gasteiger charge is -2.16. The summed E-state index contributed by atoms with van der Waals surface area (Å²) in [7, 11) is 2.22. The summed E-state index contributed by atoms with van der Waals surface area (Å²) >= 11 is 0. The molecule has 0 bridgehead atoms. The lowest BCUT2D eigenvalue weighted by atomic mass is 9.88. The van der Waals surface area contributed by atoms with Crippen molar-refractivity contribution in [1.82, 2.24) is 9.55 Å². The second-order valence-electron chi connectivity index (χ2n) is 7.60. The molecule has 0 fully saturated rings. The van der Waals surface area contributed by atoms with Crippen molar-refractivity contribution in [2.45, 2.75) is 58.3 Å². The van der Waals surface area contributed by atoms with Gasteiger partial charge in [-0.15, -0.1) is 0 Å². The zero-order valence-corrected chi connectivity index (χ0v) is 18.5. The van der Waals surface area contributed by atoms with Crippen molar-refractivity contribution in [1.29, 1.82) is 0 Å². The summed E-state index contributed by atoms with van der Waals surface area (Å²) in [6.07, 6.45) is 12.0. The van der Waals surface area contributed by atoms with Crippen molar-refractivity contribution in [3.63, 3.8) is 0 Å². The Balaban J connectivity index is 0.000000253. The van der Waals surface area contributed by atoms with Crippen molar-refractivity contribution in [3.8, 4) is 0 Å². The van der Waals surface area contributed by atoms with Crippen LogP contribution in [0.1, 0.15) is 62.4 Å². The van der Waals surface area contributed by atoms with Gasteiger partial charge in [-0.1, -0.05) is 93.0 Å². The van der Waals surface area contributed by atoms with Crippen LogP contribution in [0.4, 0.5) is 0 Å². The molecule has 3 aromatic rings. The molecule has 0 saturated heterocycles. The summed E-state index contributed by atoms with van der Waals surface area (Å²) in [5.74, 6) is 2.19. The van der Waals surface area contributed by atoms with Gasteiger partial charge in [-0.3, -0.25) is 0 Å². The van der Waals surface area contributed by atoms with Gasteiger partial charge in [0.1, 0.15) is 13.7 Å². The van der Waals surface area contributed by atoms with E-state index in [9.17, 15) is 0 Å². The van der Waals surface area contributed by atoms with Crippen LogP contribution < -0.4 is 0 Å². The molecule has 0 spiro atoms. The molecule has 0 aliphatic rings. The zero-order chi connectivity index (χ0) is 20.9. The Labute approximate surface area is 178 Å². The fourth-order valence-corrected chi connectivity index (χ4v) is 3.44. The topological polar surface area (TPSA) is 17.8 Å². The maximum Gasteiger partial charge on any atom is 0.111 e. The number of aryl methyl sites for hydroxylation is 1. The first-order valence-corrected chi connectivity index (χ1v) is 10.9. The molecule has 152 valence electrons. The molecule has 0 N–H and O–H groups in total. The predicted octanol–water partition coefficient (Wildman–Crippen LogP) is 6.23. The van der Waals surface area contributed by atoms with E-state index >= 15 is 0 Å². The molecule has 2 aromatic carbocycles. The van der Waals surface area contributed by atoms with E-state index in [0.717, 1.165) is 13.0 Å². The number of hydrogen-bond acceptors (Lipinski definition) is 1. The zero-order valence-electron chi connectivity index (χ0n) is 18.5. The van der Waals surface area contributed by atoms with Crippen molar-refractivity contribution in [2.75, 3.05) is 0 Å². The van der Waals surface area contributed by atoms with Crippen molar-refractivity contribution in [2.24, 2.45) is 0 Å². The van der Waals surface area contributed by atoms with Gasteiger partial charge in [0.15, 0.2) is 0 Å². The molecular weight excluding hydrogens is 351 g/mol. The maximum atomic E-state index is 4.25. The molecule has 3 heteroatoms. The van der Waals surface area contributed by atoms with Gasteiger partial charge in [0, 0.05) is 30.8 Å². The maximum absolute atomic E-state index is 4.25. The Bertz CT molecular complexity index is 783. The van der Waals surface area contributed by atoms with Crippen LogP contribution in [-0.4, -0.2) is 17.4 Å². The molecule has 0 amide bonds. The van der Waals surface area contributed by atoms with Crippen LogP contribution in [0.25, 0.3) is 0 Å². The Morgan fingerprint density at radius 3 is 1.97 bits per heavy atom. The molecule has 0 atom stereocenters. The van der Waals surface area contributed by atoms with Crippen molar-refractivity contribution >= 4 is 7.85 Å². The van der Waals surface area contributed by atoms with E-state index in [1.807, 2.05) is 12.4 Å². The summed E-state index contributed by atoms with van der Waals surface area (Å²) in [4.78, 5) is 4.25. The lowest BCUT2D eigenvalue weighted by molar-refractivity contribution is 0.652. The van der Waals surface area contributed by atoms with Crippen molar-refractivity contribution < 1.29 is 0 Å². The van der Waals surface area contributed by atoms with E-state index in [1.165, 1.54) is 29.7 Å². The predicted molar refractivity (Wildman–Crippen MR) is 128 cm³/mol. The number of imidazole rings is 1. The summed E-state index contributed by atoms with van der Waals surface area (Å²) in [5, 5.41) is 0.